The van der Waals surface area contributed by atoms with Crippen molar-refractivity contribution in [1.82, 2.24) is 13.8 Å². The normalized spacial score (nSPS) is 14.7. The third-order valence-corrected chi connectivity index (χ3v) is 7.40. The van der Waals surface area contributed by atoms with E-state index in [-0.39, 0.29) is 29.6 Å². The van der Waals surface area contributed by atoms with Crippen LogP contribution in [0.3, 0.4) is 0 Å². The van der Waals surface area contributed by atoms with E-state index in [0.29, 0.717) is 24.5 Å². The molecule has 1 aliphatic heterocycles. The number of hydrogen-bond donors (Lipinski definition) is 1. The van der Waals surface area contributed by atoms with Crippen molar-refractivity contribution >= 4 is 27.5 Å². The van der Waals surface area contributed by atoms with Crippen LogP contribution in [0.5, 0.6) is 5.75 Å². The first-order chi connectivity index (χ1) is 15.3. The van der Waals surface area contributed by atoms with E-state index in [1.165, 1.54) is 33.1 Å². The summed E-state index contributed by atoms with van der Waals surface area (Å²) in [7, 11) is -0.511. The number of aryl methyl sites for hydroxylation is 1. The number of benzene rings is 1. The number of nitrogens with one attached hydrogen (secondary N) is 1. The lowest BCUT2D eigenvalue weighted by Crippen LogP contribution is -2.38. The van der Waals surface area contributed by atoms with Gasteiger partial charge in [-0.25, -0.2) is 8.42 Å². The molecule has 2 heterocycles. The first-order valence-electron chi connectivity index (χ1n) is 10.7. The Labute approximate surface area is 189 Å². The number of aromatic nitrogens is 1. The maximum absolute atomic E-state index is 13.1. The van der Waals surface area contributed by atoms with Crippen LogP contribution in [0.25, 0.3) is 0 Å². The number of sulfonamides is 1. The molecule has 1 aromatic carbocycles. The molecule has 2 aromatic rings. The first kappa shape index (κ1) is 23.8. The van der Waals surface area contributed by atoms with Gasteiger partial charge in [-0.3, -0.25) is 9.59 Å². The fourth-order valence-corrected chi connectivity index (χ4v) is 5.33. The number of rotatable bonds is 8. The summed E-state index contributed by atoms with van der Waals surface area (Å²) >= 11 is 0. The van der Waals surface area contributed by atoms with Gasteiger partial charge < -0.3 is 19.5 Å². The summed E-state index contributed by atoms with van der Waals surface area (Å²) < 4.78 is 34.1. The number of carbonyl (C=O) groups excluding carboxylic acids is 2. The standard InChI is InChI=1S/C22H30N4O5S/c1-4-25(16-21(27)23-18-10-6-7-11-20(18)31-3)22(28)19-14-17(15-24(19)2)32(29,30)26-12-8-5-9-13-26/h6-7,10-11,14-15H,4-5,8-9,12-13,16H2,1-3H3,(H,23,27). The zero-order valence-corrected chi connectivity index (χ0v) is 19.5. The summed E-state index contributed by atoms with van der Waals surface area (Å²) in [5.74, 6) is -0.268. The molecule has 0 unspecified atom stereocenters. The molecule has 0 saturated carbocycles. The smallest absolute Gasteiger partial charge is 0.270 e. The second-order valence-electron chi connectivity index (χ2n) is 7.70. The van der Waals surface area contributed by atoms with Crippen LogP contribution in [-0.4, -0.2) is 67.3 Å². The Kier molecular flexibility index (Phi) is 7.57. The van der Waals surface area contributed by atoms with Crippen LogP contribution in [0.15, 0.2) is 41.4 Å². The van der Waals surface area contributed by atoms with E-state index >= 15 is 0 Å². The van der Waals surface area contributed by atoms with Crippen LogP contribution in [0.1, 0.15) is 36.7 Å². The second kappa shape index (κ2) is 10.2. The highest BCUT2D eigenvalue weighted by Crippen LogP contribution is 2.24. The molecule has 2 amide bonds. The van der Waals surface area contributed by atoms with Crippen LogP contribution in [0, 0.1) is 0 Å². The molecule has 1 aliphatic rings. The van der Waals surface area contributed by atoms with Gasteiger partial charge in [-0.1, -0.05) is 18.6 Å². The van der Waals surface area contributed by atoms with E-state index in [2.05, 4.69) is 5.32 Å². The minimum absolute atomic E-state index is 0.0970. The molecular weight excluding hydrogens is 432 g/mol. The van der Waals surface area contributed by atoms with E-state index in [4.69, 9.17) is 4.74 Å². The lowest BCUT2D eigenvalue weighted by atomic mass is 10.2. The summed E-state index contributed by atoms with van der Waals surface area (Å²) in [4.78, 5) is 27.2. The van der Waals surface area contributed by atoms with E-state index in [0.717, 1.165) is 19.3 Å². The van der Waals surface area contributed by atoms with Gasteiger partial charge in [-0.15, -0.1) is 0 Å². The number of carbonyl (C=O) groups is 2. The summed E-state index contributed by atoms with van der Waals surface area (Å²) in [6.45, 7) is 2.86. The van der Waals surface area contributed by atoms with Crippen molar-refractivity contribution < 1.29 is 22.7 Å². The number of nitrogens with zero attached hydrogens (tertiary/aromatic N) is 3. The van der Waals surface area contributed by atoms with Gasteiger partial charge in [-0.2, -0.15) is 4.31 Å². The van der Waals surface area contributed by atoms with Gasteiger partial charge in [-0.05, 0) is 38.0 Å². The van der Waals surface area contributed by atoms with Gasteiger partial charge >= 0.3 is 0 Å². The third-order valence-electron chi connectivity index (χ3n) is 5.54. The predicted octanol–water partition coefficient (Wildman–Crippen LogP) is 2.31. The summed E-state index contributed by atoms with van der Waals surface area (Å²) in [5, 5.41) is 2.75. The van der Waals surface area contributed by atoms with E-state index in [9.17, 15) is 18.0 Å². The molecule has 10 heteroatoms. The summed E-state index contributed by atoms with van der Waals surface area (Å²) in [6.07, 6.45) is 4.15. The molecule has 1 fully saturated rings. The van der Waals surface area contributed by atoms with Crippen LogP contribution >= 0.6 is 0 Å². The zero-order chi connectivity index (χ0) is 23.3. The van der Waals surface area contributed by atoms with Crippen molar-refractivity contribution in [3.8, 4) is 5.75 Å². The second-order valence-corrected chi connectivity index (χ2v) is 9.64. The Balaban J connectivity index is 1.74. The summed E-state index contributed by atoms with van der Waals surface area (Å²) in [5.41, 5.74) is 0.727. The Hall–Kier alpha value is -2.85. The largest absolute Gasteiger partial charge is 0.495 e. The number of methoxy groups -OCH3 is 1. The number of amides is 2. The van der Waals surface area contributed by atoms with Gasteiger partial charge in [0.1, 0.15) is 22.9 Å². The molecule has 0 bridgehead atoms. The maximum Gasteiger partial charge on any atom is 0.270 e. The molecule has 9 nitrogen and oxygen atoms in total. The van der Waals surface area contributed by atoms with Crippen molar-refractivity contribution in [3.63, 3.8) is 0 Å². The number of para-hydroxylation sites is 2. The fourth-order valence-electron chi connectivity index (χ4n) is 3.74. The SMILES string of the molecule is CCN(CC(=O)Nc1ccccc1OC)C(=O)c1cc(S(=O)(=O)N2CCCCC2)cn1C. The van der Waals surface area contributed by atoms with Crippen LogP contribution < -0.4 is 10.1 Å². The van der Waals surface area contributed by atoms with Crippen molar-refractivity contribution in [1.29, 1.82) is 0 Å². The minimum atomic E-state index is -3.65. The lowest BCUT2D eigenvalue weighted by molar-refractivity contribution is -0.116. The first-order valence-corrected chi connectivity index (χ1v) is 12.1. The predicted molar refractivity (Wildman–Crippen MR) is 121 cm³/mol. The van der Waals surface area contributed by atoms with Crippen molar-refractivity contribution in [2.75, 3.05) is 38.6 Å². The Bertz CT molecular complexity index is 1070. The molecule has 174 valence electrons. The molecule has 0 spiro atoms. The highest BCUT2D eigenvalue weighted by molar-refractivity contribution is 7.89. The lowest BCUT2D eigenvalue weighted by Gasteiger charge is -2.25. The molecule has 32 heavy (non-hydrogen) atoms. The monoisotopic (exact) mass is 462 g/mol. The number of piperidine rings is 1. The van der Waals surface area contributed by atoms with Gasteiger partial charge in [0.25, 0.3) is 5.91 Å². The molecule has 0 aliphatic carbocycles. The highest BCUT2D eigenvalue weighted by Gasteiger charge is 2.29. The molecule has 1 aromatic heterocycles. The van der Waals surface area contributed by atoms with E-state index < -0.39 is 15.9 Å². The minimum Gasteiger partial charge on any atom is -0.495 e. The van der Waals surface area contributed by atoms with Crippen molar-refractivity contribution in [2.24, 2.45) is 7.05 Å². The van der Waals surface area contributed by atoms with Crippen LogP contribution in [0.2, 0.25) is 0 Å². The summed E-state index contributed by atoms with van der Waals surface area (Å²) in [6, 6.07) is 8.40. The zero-order valence-electron chi connectivity index (χ0n) is 18.7. The number of anilines is 1. The van der Waals surface area contributed by atoms with Gasteiger partial charge in [0, 0.05) is 32.9 Å². The Morgan fingerprint density at radius 2 is 1.84 bits per heavy atom. The average molecular weight is 463 g/mol. The van der Waals surface area contributed by atoms with Crippen molar-refractivity contribution in [2.45, 2.75) is 31.1 Å². The molecule has 1 N–H and O–H groups in total. The molecule has 0 atom stereocenters. The Morgan fingerprint density at radius 3 is 2.50 bits per heavy atom. The highest BCUT2D eigenvalue weighted by atomic mass is 32.2. The van der Waals surface area contributed by atoms with Gasteiger partial charge in [0.05, 0.1) is 12.8 Å². The van der Waals surface area contributed by atoms with E-state index in [1.54, 1.807) is 38.2 Å². The molecule has 3 rings (SSSR count). The Morgan fingerprint density at radius 1 is 1.16 bits per heavy atom. The average Bonchev–Trinajstić information content (AvgIpc) is 3.20. The van der Waals surface area contributed by atoms with Crippen molar-refractivity contribution in [3.05, 3.63) is 42.2 Å². The molecule has 1 saturated heterocycles. The number of ether oxygens (including phenoxy) is 1. The van der Waals surface area contributed by atoms with Crippen LogP contribution in [0.4, 0.5) is 5.69 Å². The fraction of sp³-hybridized carbons (Fsp3) is 0.455. The quantitative estimate of drug-likeness (QED) is 0.649. The van der Waals surface area contributed by atoms with E-state index in [1.807, 2.05) is 0 Å². The van der Waals surface area contributed by atoms with Gasteiger partial charge in [0.2, 0.25) is 15.9 Å². The van der Waals surface area contributed by atoms with Crippen LogP contribution in [-0.2, 0) is 21.9 Å². The maximum atomic E-state index is 13.1. The topological polar surface area (TPSA) is 101 Å². The number of likely N-dealkylation sites (N-methyl/N-ethyl adjacent to an activating group) is 1. The molecule has 0 radical (unpaired) electrons. The molecular formula is C22H30N4O5S. The third kappa shape index (κ3) is 5.13. The number of hydrogen-bond acceptors (Lipinski definition) is 5. The van der Waals surface area contributed by atoms with Gasteiger partial charge in [0.15, 0.2) is 0 Å².